The summed E-state index contributed by atoms with van der Waals surface area (Å²) in [6.07, 6.45) is 0. The van der Waals surface area contributed by atoms with Gasteiger partial charge >= 0.3 is 0 Å². The van der Waals surface area contributed by atoms with E-state index in [1.807, 2.05) is 43.9 Å². The zero-order chi connectivity index (χ0) is 18.0. The number of nitrogens with zero attached hydrogens (tertiary/aromatic N) is 3. The molecular formula is C19H26N4O2. The monoisotopic (exact) mass is 342 g/mol. The van der Waals surface area contributed by atoms with Crippen LogP contribution in [0.1, 0.15) is 29.8 Å². The van der Waals surface area contributed by atoms with Gasteiger partial charge in [-0.3, -0.25) is 9.89 Å². The Hall–Kier alpha value is -2.50. The number of benzene rings is 1. The molecule has 1 atom stereocenters. The molecule has 0 aliphatic carbocycles. The van der Waals surface area contributed by atoms with Crippen LogP contribution in [0.5, 0.6) is 5.75 Å². The van der Waals surface area contributed by atoms with Crippen molar-refractivity contribution >= 4 is 11.6 Å². The Kier molecular flexibility index (Phi) is 4.97. The summed E-state index contributed by atoms with van der Waals surface area (Å²) in [4.78, 5) is 17.2. The number of piperazine rings is 1. The molecule has 1 aliphatic rings. The molecule has 0 radical (unpaired) electrons. The summed E-state index contributed by atoms with van der Waals surface area (Å²) in [6, 6.07) is 8.07. The fourth-order valence-corrected chi connectivity index (χ4v) is 3.59. The number of hydrogen-bond donors (Lipinski definition) is 1. The molecule has 0 bridgehead atoms. The number of methoxy groups -OCH3 is 1. The van der Waals surface area contributed by atoms with Gasteiger partial charge in [0.1, 0.15) is 5.75 Å². The molecule has 1 N–H and O–H groups in total. The SMILES string of the molecule is COc1cccc(N2CCN(C(=O)C(C)c3c(C)n[nH]c3C)CC2)c1. The number of aromatic amines is 1. The minimum absolute atomic E-state index is 0.165. The first kappa shape index (κ1) is 17.3. The maximum Gasteiger partial charge on any atom is 0.230 e. The van der Waals surface area contributed by atoms with Crippen molar-refractivity contribution in [3.63, 3.8) is 0 Å². The van der Waals surface area contributed by atoms with Gasteiger partial charge in [-0.05, 0) is 32.9 Å². The fraction of sp³-hybridized carbons (Fsp3) is 0.474. The number of carbonyl (C=O) groups excluding carboxylic acids is 1. The van der Waals surface area contributed by atoms with Crippen molar-refractivity contribution in [2.24, 2.45) is 0 Å². The molecule has 1 aromatic carbocycles. The van der Waals surface area contributed by atoms with Crippen LogP contribution >= 0.6 is 0 Å². The van der Waals surface area contributed by atoms with Crippen LogP contribution in [0.4, 0.5) is 5.69 Å². The second-order valence-corrected chi connectivity index (χ2v) is 6.58. The number of H-pyrrole nitrogens is 1. The van der Waals surface area contributed by atoms with E-state index < -0.39 is 0 Å². The maximum atomic E-state index is 12.9. The Balaban J connectivity index is 1.64. The first-order valence-corrected chi connectivity index (χ1v) is 8.70. The summed E-state index contributed by atoms with van der Waals surface area (Å²) in [5.74, 6) is 0.871. The minimum Gasteiger partial charge on any atom is -0.497 e. The van der Waals surface area contributed by atoms with E-state index in [1.54, 1.807) is 7.11 Å². The van der Waals surface area contributed by atoms with Crippen molar-refractivity contribution in [1.29, 1.82) is 0 Å². The number of hydrogen-bond acceptors (Lipinski definition) is 4. The van der Waals surface area contributed by atoms with Crippen molar-refractivity contribution in [2.75, 3.05) is 38.2 Å². The average Bonchev–Trinajstić information content (AvgIpc) is 2.99. The van der Waals surface area contributed by atoms with Crippen LogP contribution in [0.15, 0.2) is 24.3 Å². The number of rotatable bonds is 4. The van der Waals surface area contributed by atoms with Crippen LogP contribution in [-0.2, 0) is 4.79 Å². The molecule has 3 rings (SSSR count). The topological polar surface area (TPSA) is 61.5 Å². The zero-order valence-corrected chi connectivity index (χ0v) is 15.4. The minimum atomic E-state index is -0.165. The van der Waals surface area contributed by atoms with E-state index >= 15 is 0 Å². The molecular weight excluding hydrogens is 316 g/mol. The summed E-state index contributed by atoms with van der Waals surface area (Å²) in [6.45, 7) is 9.02. The number of nitrogens with one attached hydrogen (secondary N) is 1. The Morgan fingerprint density at radius 2 is 1.96 bits per heavy atom. The third kappa shape index (κ3) is 3.48. The third-order valence-electron chi connectivity index (χ3n) is 5.00. The summed E-state index contributed by atoms with van der Waals surface area (Å²) >= 11 is 0. The lowest BCUT2D eigenvalue weighted by molar-refractivity contribution is -0.132. The average molecular weight is 342 g/mol. The Morgan fingerprint density at radius 3 is 2.56 bits per heavy atom. The number of ether oxygens (including phenoxy) is 1. The van der Waals surface area contributed by atoms with Crippen LogP contribution in [0.25, 0.3) is 0 Å². The highest BCUT2D eigenvalue weighted by molar-refractivity contribution is 5.84. The van der Waals surface area contributed by atoms with Crippen molar-refractivity contribution in [3.05, 3.63) is 41.2 Å². The normalized spacial score (nSPS) is 16.0. The van der Waals surface area contributed by atoms with Gasteiger partial charge in [-0.15, -0.1) is 0 Å². The predicted octanol–water partition coefficient (Wildman–Crippen LogP) is 2.49. The van der Waals surface area contributed by atoms with Crippen molar-refractivity contribution in [3.8, 4) is 5.75 Å². The predicted molar refractivity (Wildman–Crippen MR) is 98.3 cm³/mol. The molecule has 1 fully saturated rings. The number of amides is 1. The molecule has 2 aromatic rings. The van der Waals surface area contributed by atoms with Crippen LogP contribution in [0.3, 0.4) is 0 Å². The van der Waals surface area contributed by atoms with E-state index in [4.69, 9.17) is 4.74 Å². The van der Waals surface area contributed by atoms with Gasteiger partial charge in [0.2, 0.25) is 5.91 Å². The molecule has 1 aliphatic heterocycles. The van der Waals surface area contributed by atoms with Gasteiger partial charge in [0.25, 0.3) is 0 Å². The maximum absolute atomic E-state index is 12.9. The molecule has 134 valence electrons. The van der Waals surface area contributed by atoms with Gasteiger partial charge < -0.3 is 14.5 Å². The summed E-state index contributed by atoms with van der Waals surface area (Å²) < 4.78 is 5.30. The van der Waals surface area contributed by atoms with E-state index in [-0.39, 0.29) is 11.8 Å². The summed E-state index contributed by atoms with van der Waals surface area (Å²) in [5.41, 5.74) is 4.06. The van der Waals surface area contributed by atoms with Gasteiger partial charge in [0.15, 0.2) is 0 Å². The smallest absolute Gasteiger partial charge is 0.230 e. The van der Waals surface area contributed by atoms with Gasteiger partial charge in [0.05, 0.1) is 18.7 Å². The Morgan fingerprint density at radius 1 is 1.24 bits per heavy atom. The lowest BCUT2D eigenvalue weighted by Crippen LogP contribution is -2.49. The van der Waals surface area contributed by atoms with Gasteiger partial charge in [-0.25, -0.2) is 0 Å². The van der Waals surface area contributed by atoms with Crippen LogP contribution < -0.4 is 9.64 Å². The van der Waals surface area contributed by atoms with E-state index in [9.17, 15) is 4.79 Å². The van der Waals surface area contributed by atoms with E-state index in [0.717, 1.165) is 54.6 Å². The molecule has 2 heterocycles. The highest BCUT2D eigenvalue weighted by Crippen LogP contribution is 2.26. The van der Waals surface area contributed by atoms with Gasteiger partial charge in [0, 0.05) is 49.2 Å². The largest absolute Gasteiger partial charge is 0.497 e. The second-order valence-electron chi connectivity index (χ2n) is 6.58. The number of anilines is 1. The molecule has 25 heavy (non-hydrogen) atoms. The van der Waals surface area contributed by atoms with E-state index in [0.29, 0.717) is 0 Å². The number of carbonyl (C=O) groups is 1. The second kappa shape index (κ2) is 7.17. The highest BCUT2D eigenvalue weighted by Gasteiger charge is 2.28. The van der Waals surface area contributed by atoms with Crippen molar-refractivity contribution in [1.82, 2.24) is 15.1 Å². The fourth-order valence-electron chi connectivity index (χ4n) is 3.59. The third-order valence-corrected chi connectivity index (χ3v) is 5.00. The Bertz CT molecular complexity index is 728. The van der Waals surface area contributed by atoms with Crippen LogP contribution in [-0.4, -0.2) is 54.3 Å². The number of aromatic nitrogens is 2. The molecule has 6 heteroatoms. The zero-order valence-electron chi connectivity index (χ0n) is 15.4. The lowest BCUT2D eigenvalue weighted by atomic mass is 9.97. The van der Waals surface area contributed by atoms with Gasteiger partial charge in [-0.2, -0.15) is 5.10 Å². The van der Waals surface area contributed by atoms with Crippen molar-refractivity contribution < 1.29 is 9.53 Å². The van der Waals surface area contributed by atoms with E-state index in [1.165, 1.54) is 0 Å². The lowest BCUT2D eigenvalue weighted by Gasteiger charge is -2.37. The summed E-state index contributed by atoms with van der Waals surface area (Å²) in [5, 5.41) is 7.19. The molecule has 0 spiro atoms. The molecule has 1 amide bonds. The quantitative estimate of drug-likeness (QED) is 0.927. The van der Waals surface area contributed by atoms with Crippen LogP contribution in [0, 0.1) is 13.8 Å². The first-order chi connectivity index (χ1) is 12.0. The van der Waals surface area contributed by atoms with E-state index in [2.05, 4.69) is 21.2 Å². The molecule has 6 nitrogen and oxygen atoms in total. The molecule has 1 aromatic heterocycles. The molecule has 1 saturated heterocycles. The first-order valence-electron chi connectivity index (χ1n) is 8.70. The molecule has 0 saturated carbocycles. The number of aryl methyl sites for hydroxylation is 2. The standard InChI is InChI=1S/C19H26N4O2/c1-13(18-14(2)20-21-15(18)3)19(24)23-10-8-22(9-11-23)16-6-5-7-17(12-16)25-4/h5-7,12-13H,8-11H2,1-4H3,(H,20,21). The van der Waals surface area contributed by atoms with Crippen molar-refractivity contribution in [2.45, 2.75) is 26.7 Å². The highest BCUT2D eigenvalue weighted by atomic mass is 16.5. The Labute approximate surface area is 148 Å². The molecule has 1 unspecified atom stereocenters. The summed E-state index contributed by atoms with van der Waals surface area (Å²) in [7, 11) is 1.68. The van der Waals surface area contributed by atoms with Crippen LogP contribution in [0.2, 0.25) is 0 Å². The van der Waals surface area contributed by atoms with Gasteiger partial charge in [-0.1, -0.05) is 6.07 Å².